The predicted molar refractivity (Wildman–Crippen MR) is 120 cm³/mol. The van der Waals surface area contributed by atoms with Crippen LogP contribution < -0.4 is 0 Å². The van der Waals surface area contributed by atoms with E-state index < -0.39 is 6.10 Å². The number of aliphatic hydroxyl groups excluding tert-OH is 1. The molecular weight excluding hydrogens is 421 g/mol. The molecule has 2 aromatic carbocycles. The molecule has 0 bridgehead atoms. The van der Waals surface area contributed by atoms with Crippen LogP contribution >= 0.6 is 23.2 Å². The average Bonchev–Trinajstić information content (AvgIpc) is 3.11. The van der Waals surface area contributed by atoms with Gasteiger partial charge in [0, 0.05) is 60.9 Å². The molecule has 2 aliphatic heterocycles. The standard InChI is InChI=1S/C23H27Cl2N3O2/c1-16-12-26(13-17-2-6-19(24)7-3-17)10-11-28(16)21-14-27(15-22(21)29)23(30)18-4-8-20(25)9-5-18/h2-9,16,21-22,29H,10-15H2,1H3/t16-,21?,22?/m1/s1. The number of β-amino-alcohol motifs (C(OH)–C–C–N with tert-alkyl or cyclic N) is 1. The molecule has 0 spiro atoms. The molecule has 2 saturated heterocycles. The molecule has 30 heavy (non-hydrogen) atoms. The van der Waals surface area contributed by atoms with E-state index in [9.17, 15) is 9.90 Å². The summed E-state index contributed by atoms with van der Waals surface area (Å²) in [7, 11) is 0. The average molecular weight is 448 g/mol. The van der Waals surface area contributed by atoms with Gasteiger partial charge < -0.3 is 10.0 Å². The van der Waals surface area contributed by atoms with Gasteiger partial charge in [0.2, 0.25) is 0 Å². The van der Waals surface area contributed by atoms with E-state index in [2.05, 4.69) is 28.9 Å². The van der Waals surface area contributed by atoms with E-state index in [0.29, 0.717) is 29.7 Å². The number of hydrogen-bond acceptors (Lipinski definition) is 4. The Morgan fingerprint density at radius 2 is 1.60 bits per heavy atom. The topological polar surface area (TPSA) is 47.0 Å². The largest absolute Gasteiger partial charge is 0.390 e. The molecule has 4 rings (SSSR count). The molecule has 0 saturated carbocycles. The van der Waals surface area contributed by atoms with Crippen LogP contribution in [0.5, 0.6) is 0 Å². The smallest absolute Gasteiger partial charge is 0.253 e. The number of nitrogens with zero attached hydrogens (tertiary/aromatic N) is 3. The summed E-state index contributed by atoms with van der Waals surface area (Å²) in [6, 6.07) is 15.2. The molecule has 1 amide bonds. The number of rotatable bonds is 4. The zero-order valence-corrected chi connectivity index (χ0v) is 18.6. The van der Waals surface area contributed by atoms with E-state index in [0.717, 1.165) is 31.2 Å². The Hall–Kier alpha value is -1.63. The molecule has 1 N–H and O–H groups in total. The van der Waals surface area contributed by atoms with Crippen molar-refractivity contribution in [2.24, 2.45) is 0 Å². The Morgan fingerprint density at radius 3 is 2.23 bits per heavy atom. The highest BCUT2D eigenvalue weighted by Crippen LogP contribution is 2.24. The number of benzene rings is 2. The molecule has 2 fully saturated rings. The number of carbonyl (C=O) groups excluding carboxylic acids is 1. The lowest BCUT2D eigenvalue weighted by atomic mass is 10.1. The molecule has 7 heteroatoms. The van der Waals surface area contributed by atoms with Crippen LogP contribution in [-0.4, -0.2) is 76.6 Å². The summed E-state index contributed by atoms with van der Waals surface area (Å²) >= 11 is 11.9. The molecule has 0 aromatic heterocycles. The second kappa shape index (κ2) is 9.25. The lowest BCUT2D eigenvalue weighted by Gasteiger charge is -2.43. The molecule has 0 aliphatic carbocycles. The van der Waals surface area contributed by atoms with Gasteiger partial charge in [-0.2, -0.15) is 0 Å². The minimum absolute atomic E-state index is 0.0334. The molecule has 2 aliphatic rings. The van der Waals surface area contributed by atoms with Crippen LogP contribution in [0.25, 0.3) is 0 Å². The van der Waals surface area contributed by atoms with Gasteiger partial charge in [0.05, 0.1) is 12.1 Å². The van der Waals surface area contributed by atoms with E-state index in [-0.39, 0.29) is 11.9 Å². The molecule has 3 atom stereocenters. The predicted octanol–water partition coefficient (Wildman–Crippen LogP) is 3.39. The molecule has 2 unspecified atom stereocenters. The number of aliphatic hydroxyl groups is 1. The fraction of sp³-hybridized carbons (Fsp3) is 0.435. The highest BCUT2D eigenvalue weighted by molar-refractivity contribution is 6.30. The SMILES string of the molecule is C[C@@H]1CN(Cc2ccc(Cl)cc2)CCN1C1CN(C(=O)c2ccc(Cl)cc2)CC1O. The number of likely N-dealkylation sites (tertiary alicyclic amines) is 1. The summed E-state index contributed by atoms with van der Waals surface area (Å²) in [4.78, 5) is 19.4. The zero-order chi connectivity index (χ0) is 21.3. The molecule has 5 nitrogen and oxygen atoms in total. The van der Waals surface area contributed by atoms with Crippen LogP contribution in [0.15, 0.2) is 48.5 Å². The van der Waals surface area contributed by atoms with Gasteiger partial charge in [0.25, 0.3) is 5.91 Å². The van der Waals surface area contributed by atoms with Gasteiger partial charge in [-0.15, -0.1) is 0 Å². The first-order chi connectivity index (χ1) is 14.4. The lowest BCUT2D eigenvalue weighted by Crippen LogP contribution is -2.58. The van der Waals surface area contributed by atoms with Crippen molar-refractivity contribution in [3.05, 3.63) is 69.7 Å². The maximum absolute atomic E-state index is 12.8. The van der Waals surface area contributed by atoms with Crippen molar-refractivity contribution in [3.63, 3.8) is 0 Å². The van der Waals surface area contributed by atoms with Crippen molar-refractivity contribution >= 4 is 29.1 Å². The first-order valence-electron chi connectivity index (χ1n) is 10.4. The third-order valence-corrected chi connectivity index (χ3v) is 6.65. The quantitative estimate of drug-likeness (QED) is 0.779. The second-order valence-corrected chi connectivity index (χ2v) is 9.17. The maximum Gasteiger partial charge on any atom is 0.253 e. The highest BCUT2D eigenvalue weighted by atomic mass is 35.5. The van der Waals surface area contributed by atoms with E-state index in [1.54, 1.807) is 29.2 Å². The van der Waals surface area contributed by atoms with E-state index in [4.69, 9.17) is 23.2 Å². The molecule has 2 heterocycles. The van der Waals surface area contributed by atoms with Gasteiger partial charge in [-0.1, -0.05) is 35.3 Å². The minimum Gasteiger partial charge on any atom is -0.390 e. The Morgan fingerprint density at radius 1 is 0.967 bits per heavy atom. The Kier molecular flexibility index (Phi) is 6.66. The summed E-state index contributed by atoms with van der Waals surface area (Å²) in [6.07, 6.45) is -0.536. The number of halogens is 2. The summed E-state index contributed by atoms with van der Waals surface area (Å²) < 4.78 is 0. The van der Waals surface area contributed by atoms with Crippen molar-refractivity contribution in [2.75, 3.05) is 32.7 Å². The maximum atomic E-state index is 12.8. The van der Waals surface area contributed by atoms with Crippen molar-refractivity contribution < 1.29 is 9.90 Å². The third-order valence-electron chi connectivity index (χ3n) is 6.15. The van der Waals surface area contributed by atoms with Crippen LogP contribution in [0.4, 0.5) is 0 Å². The second-order valence-electron chi connectivity index (χ2n) is 8.30. The molecular formula is C23H27Cl2N3O2. The highest BCUT2D eigenvalue weighted by Gasteiger charge is 2.41. The Bertz CT molecular complexity index is 875. The van der Waals surface area contributed by atoms with Crippen molar-refractivity contribution in [1.29, 1.82) is 0 Å². The van der Waals surface area contributed by atoms with Crippen LogP contribution in [0, 0.1) is 0 Å². The fourth-order valence-corrected chi connectivity index (χ4v) is 4.82. The summed E-state index contributed by atoms with van der Waals surface area (Å²) in [5, 5.41) is 12.1. The molecule has 2 aromatic rings. The first kappa shape index (κ1) is 21.6. The van der Waals surface area contributed by atoms with E-state index in [1.165, 1.54) is 5.56 Å². The van der Waals surface area contributed by atoms with Gasteiger partial charge in [0.15, 0.2) is 0 Å². The van der Waals surface area contributed by atoms with Crippen molar-refractivity contribution in [2.45, 2.75) is 31.7 Å². The van der Waals surface area contributed by atoms with Crippen LogP contribution in [-0.2, 0) is 6.54 Å². The monoisotopic (exact) mass is 447 g/mol. The lowest BCUT2D eigenvalue weighted by molar-refractivity contribution is 0.00866. The number of carbonyl (C=O) groups is 1. The Labute approximate surface area is 187 Å². The van der Waals surface area contributed by atoms with Crippen molar-refractivity contribution in [3.8, 4) is 0 Å². The van der Waals surface area contributed by atoms with E-state index in [1.807, 2.05) is 12.1 Å². The number of piperazine rings is 1. The van der Waals surface area contributed by atoms with Crippen LogP contribution in [0.1, 0.15) is 22.8 Å². The minimum atomic E-state index is -0.536. The molecule has 160 valence electrons. The summed E-state index contributed by atoms with van der Waals surface area (Å²) in [6.45, 7) is 6.74. The van der Waals surface area contributed by atoms with Gasteiger partial charge in [-0.3, -0.25) is 14.6 Å². The number of amides is 1. The summed E-state index contributed by atoms with van der Waals surface area (Å²) in [5.41, 5.74) is 1.86. The zero-order valence-electron chi connectivity index (χ0n) is 17.0. The van der Waals surface area contributed by atoms with Crippen molar-refractivity contribution in [1.82, 2.24) is 14.7 Å². The van der Waals surface area contributed by atoms with E-state index >= 15 is 0 Å². The normalized spacial score (nSPS) is 25.6. The van der Waals surface area contributed by atoms with Gasteiger partial charge >= 0.3 is 0 Å². The van der Waals surface area contributed by atoms with Gasteiger partial charge in [-0.05, 0) is 48.9 Å². The molecule has 0 radical (unpaired) electrons. The van der Waals surface area contributed by atoms with Crippen LogP contribution in [0.2, 0.25) is 10.0 Å². The third kappa shape index (κ3) is 4.82. The fourth-order valence-electron chi connectivity index (χ4n) is 4.57. The van der Waals surface area contributed by atoms with Crippen LogP contribution in [0.3, 0.4) is 0 Å². The van der Waals surface area contributed by atoms with Gasteiger partial charge in [0.1, 0.15) is 0 Å². The summed E-state index contributed by atoms with van der Waals surface area (Å²) in [5.74, 6) is -0.0535. The Balaban J connectivity index is 1.35. The number of hydrogen-bond donors (Lipinski definition) is 1. The van der Waals surface area contributed by atoms with Gasteiger partial charge in [-0.25, -0.2) is 0 Å². The first-order valence-corrected chi connectivity index (χ1v) is 11.1.